The molecule has 0 saturated carbocycles. The molecule has 74 valence electrons. The van der Waals surface area contributed by atoms with Crippen molar-refractivity contribution in [3.8, 4) is 0 Å². The zero-order chi connectivity index (χ0) is 9.80. The van der Waals surface area contributed by atoms with E-state index in [0.29, 0.717) is 5.65 Å². The summed E-state index contributed by atoms with van der Waals surface area (Å²) in [4.78, 5) is 8.15. The van der Waals surface area contributed by atoms with Crippen LogP contribution in [0.25, 0.3) is 11.2 Å². The first kappa shape index (κ1) is 9.26. The van der Waals surface area contributed by atoms with Crippen molar-refractivity contribution in [2.45, 2.75) is 19.8 Å². The normalized spacial score (nSPS) is 10.6. The van der Waals surface area contributed by atoms with Crippen molar-refractivity contribution in [2.24, 2.45) is 0 Å². The molecule has 5 nitrogen and oxygen atoms in total. The molecule has 0 aliphatic rings. The summed E-state index contributed by atoms with van der Waals surface area (Å²) in [6, 6.07) is 0. The van der Waals surface area contributed by atoms with Gasteiger partial charge >= 0.3 is 0 Å². The van der Waals surface area contributed by atoms with Crippen LogP contribution < -0.4 is 5.32 Å². The maximum atomic E-state index is 4.14. The summed E-state index contributed by atoms with van der Waals surface area (Å²) in [7, 11) is 0. The number of hydrogen-bond acceptors (Lipinski definition) is 6. The van der Waals surface area contributed by atoms with Gasteiger partial charge in [-0.1, -0.05) is 13.3 Å². The highest BCUT2D eigenvalue weighted by Gasteiger charge is 2.05. The Balaban J connectivity index is 2.19. The molecular weight excluding hydrogens is 198 g/mol. The molecule has 14 heavy (non-hydrogen) atoms. The Labute approximate surface area is 85.9 Å². The zero-order valence-corrected chi connectivity index (χ0v) is 8.71. The number of hydrogen-bond donors (Lipinski definition) is 1. The quantitative estimate of drug-likeness (QED) is 0.776. The lowest BCUT2D eigenvalue weighted by molar-refractivity contribution is 0.831. The molecule has 1 N–H and O–H groups in total. The fourth-order valence-corrected chi connectivity index (χ4v) is 1.63. The molecule has 2 heterocycles. The fraction of sp³-hybridized carbons (Fsp3) is 0.500. The lowest BCUT2D eigenvalue weighted by Gasteiger charge is -2.02. The van der Waals surface area contributed by atoms with Crippen molar-refractivity contribution in [3.05, 3.63) is 6.33 Å². The molecule has 0 saturated heterocycles. The maximum absolute atomic E-state index is 4.14. The Bertz CT molecular complexity index is 413. The fourth-order valence-electron chi connectivity index (χ4n) is 1.13. The number of nitrogens with zero attached hydrogens (tertiary/aromatic N) is 4. The van der Waals surface area contributed by atoms with E-state index in [1.54, 1.807) is 0 Å². The summed E-state index contributed by atoms with van der Waals surface area (Å²) in [6.45, 7) is 3.07. The Morgan fingerprint density at radius 2 is 2.29 bits per heavy atom. The van der Waals surface area contributed by atoms with Crippen LogP contribution in [0.15, 0.2) is 6.33 Å². The Morgan fingerprint density at radius 1 is 1.36 bits per heavy atom. The van der Waals surface area contributed by atoms with Crippen LogP contribution in [0.2, 0.25) is 0 Å². The average Bonchev–Trinajstić information content (AvgIpc) is 2.67. The number of aromatic nitrogens is 4. The molecule has 0 aliphatic carbocycles. The molecule has 0 aliphatic heterocycles. The van der Waals surface area contributed by atoms with E-state index < -0.39 is 0 Å². The minimum atomic E-state index is 0.670. The molecule has 0 aromatic carbocycles. The number of rotatable bonds is 4. The summed E-state index contributed by atoms with van der Waals surface area (Å²) in [6.07, 6.45) is 3.80. The van der Waals surface area contributed by atoms with Gasteiger partial charge in [0.15, 0.2) is 17.0 Å². The number of nitrogens with one attached hydrogen (secondary N) is 1. The van der Waals surface area contributed by atoms with Gasteiger partial charge < -0.3 is 5.32 Å². The van der Waals surface area contributed by atoms with E-state index >= 15 is 0 Å². The Hall–Kier alpha value is -1.30. The molecule has 0 radical (unpaired) electrons. The largest absolute Gasteiger partial charge is 0.368 e. The zero-order valence-electron chi connectivity index (χ0n) is 7.90. The molecule has 0 unspecified atom stereocenters. The van der Waals surface area contributed by atoms with E-state index in [-0.39, 0.29) is 0 Å². The van der Waals surface area contributed by atoms with Gasteiger partial charge in [0.25, 0.3) is 0 Å². The van der Waals surface area contributed by atoms with Gasteiger partial charge in [-0.25, -0.2) is 9.97 Å². The molecule has 0 atom stereocenters. The predicted molar refractivity (Wildman–Crippen MR) is 56.4 cm³/mol. The van der Waals surface area contributed by atoms with E-state index in [1.165, 1.54) is 6.33 Å². The first-order valence-corrected chi connectivity index (χ1v) is 5.32. The van der Waals surface area contributed by atoms with Gasteiger partial charge in [-0.3, -0.25) is 0 Å². The standard InChI is InChI=1S/C8H11N5S/c1-2-3-4-9-7-6-8(11-5-10-7)13-14-12-6/h5H,2-4H2,1H3,(H,9,10,11,13). The van der Waals surface area contributed by atoms with E-state index in [9.17, 15) is 0 Å². The second-order valence-electron chi connectivity index (χ2n) is 2.94. The number of anilines is 1. The molecule has 0 amide bonds. The van der Waals surface area contributed by atoms with Gasteiger partial charge in [0.2, 0.25) is 0 Å². The van der Waals surface area contributed by atoms with Crippen molar-refractivity contribution in [3.63, 3.8) is 0 Å². The van der Waals surface area contributed by atoms with Crippen molar-refractivity contribution < 1.29 is 0 Å². The van der Waals surface area contributed by atoms with Crippen LogP contribution >= 0.6 is 11.7 Å². The monoisotopic (exact) mass is 209 g/mol. The summed E-state index contributed by atoms with van der Waals surface area (Å²) in [5, 5.41) is 3.23. The first-order chi connectivity index (χ1) is 6.92. The second kappa shape index (κ2) is 4.28. The van der Waals surface area contributed by atoms with Crippen LogP contribution in [0.4, 0.5) is 5.82 Å². The second-order valence-corrected chi connectivity index (χ2v) is 3.47. The van der Waals surface area contributed by atoms with E-state index in [4.69, 9.17) is 0 Å². The molecule has 2 rings (SSSR count). The first-order valence-electron chi connectivity index (χ1n) is 4.59. The Morgan fingerprint density at radius 3 is 3.14 bits per heavy atom. The molecule has 0 bridgehead atoms. The van der Waals surface area contributed by atoms with E-state index in [0.717, 1.165) is 42.4 Å². The van der Waals surface area contributed by atoms with Crippen LogP contribution in [-0.4, -0.2) is 25.3 Å². The van der Waals surface area contributed by atoms with Gasteiger partial charge in [-0.15, -0.1) is 0 Å². The highest BCUT2D eigenvalue weighted by atomic mass is 32.1. The van der Waals surface area contributed by atoms with Crippen molar-refractivity contribution in [2.75, 3.05) is 11.9 Å². The summed E-state index contributed by atoms with van der Waals surface area (Å²) in [5.41, 5.74) is 1.44. The van der Waals surface area contributed by atoms with Gasteiger partial charge in [0.1, 0.15) is 6.33 Å². The average molecular weight is 209 g/mol. The van der Waals surface area contributed by atoms with Gasteiger partial charge in [0, 0.05) is 6.54 Å². The summed E-state index contributed by atoms with van der Waals surface area (Å²) < 4.78 is 8.19. The molecule has 2 aromatic rings. The van der Waals surface area contributed by atoms with Crippen LogP contribution in [0.5, 0.6) is 0 Å². The third kappa shape index (κ3) is 1.79. The van der Waals surface area contributed by atoms with Gasteiger partial charge in [-0.05, 0) is 6.42 Å². The van der Waals surface area contributed by atoms with Crippen LogP contribution in [0.3, 0.4) is 0 Å². The van der Waals surface area contributed by atoms with Crippen molar-refractivity contribution in [1.29, 1.82) is 0 Å². The molecule has 0 spiro atoms. The number of fused-ring (bicyclic) bond motifs is 1. The highest BCUT2D eigenvalue weighted by Crippen LogP contribution is 2.15. The molecule has 6 heteroatoms. The topological polar surface area (TPSA) is 63.6 Å². The SMILES string of the molecule is CCCCNc1ncnc2nsnc12. The molecule has 0 fully saturated rings. The van der Waals surface area contributed by atoms with Gasteiger partial charge in [0.05, 0.1) is 11.7 Å². The summed E-state index contributed by atoms with van der Waals surface area (Å²) in [5.74, 6) is 0.789. The van der Waals surface area contributed by atoms with Crippen molar-refractivity contribution in [1.82, 2.24) is 18.7 Å². The third-order valence-electron chi connectivity index (χ3n) is 1.89. The molecular formula is C8H11N5S. The minimum absolute atomic E-state index is 0.670. The summed E-state index contributed by atoms with van der Waals surface area (Å²) >= 11 is 1.16. The highest BCUT2D eigenvalue weighted by molar-refractivity contribution is 7.00. The minimum Gasteiger partial charge on any atom is -0.368 e. The van der Waals surface area contributed by atoms with Crippen LogP contribution in [0, 0.1) is 0 Å². The van der Waals surface area contributed by atoms with E-state index in [2.05, 4.69) is 31.0 Å². The Kier molecular flexibility index (Phi) is 2.83. The molecule has 2 aromatic heterocycles. The van der Waals surface area contributed by atoms with Crippen molar-refractivity contribution >= 4 is 28.7 Å². The van der Waals surface area contributed by atoms with Crippen LogP contribution in [0.1, 0.15) is 19.8 Å². The lowest BCUT2D eigenvalue weighted by atomic mass is 10.3. The number of unbranched alkanes of at least 4 members (excludes halogenated alkanes) is 1. The van der Waals surface area contributed by atoms with E-state index in [1.807, 2.05) is 0 Å². The third-order valence-corrected chi connectivity index (χ3v) is 2.40. The van der Waals surface area contributed by atoms with Crippen LogP contribution in [-0.2, 0) is 0 Å². The predicted octanol–water partition coefficient (Wildman–Crippen LogP) is 1.69. The lowest BCUT2D eigenvalue weighted by Crippen LogP contribution is -2.03. The maximum Gasteiger partial charge on any atom is 0.198 e. The van der Waals surface area contributed by atoms with Gasteiger partial charge in [-0.2, -0.15) is 8.75 Å². The smallest absolute Gasteiger partial charge is 0.198 e.